The van der Waals surface area contributed by atoms with Gasteiger partial charge in [0.05, 0.1) is 12.1 Å². The summed E-state index contributed by atoms with van der Waals surface area (Å²) >= 11 is 1.58. The number of rotatable bonds is 6. The Bertz CT molecular complexity index is 609. The van der Waals surface area contributed by atoms with Crippen LogP contribution in [-0.2, 0) is 11.2 Å². The van der Waals surface area contributed by atoms with E-state index in [4.69, 9.17) is 0 Å². The molecular formula is C16H21N3OS. The molecule has 0 fully saturated rings. The number of nitrogens with one attached hydrogen (secondary N) is 2. The average Bonchev–Trinajstić information content (AvgIpc) is 2.93. The molecule has 1 unspecified atom stereocenters. The van der Waals surface area contributed by atoms with Gasteiger partial charge in [0, 0.05) is 23.5 Å². The Balaban J connectivity index is 1.96. The van der Waals surface area contributed by atoms with E-state index in [1.54, 1.807) is 11.3 Å². The van der Waals surface area contributed by atoms with E-state index in [1.165, 1.54) is 5.56 Å². The van der Waals surface area contributed by atoms with E-state index in [2.05, 4.69) is 34.7 Å². The maximum absolute atomic E-state index is 11.9. The summed E-state index contributed by atoms with van der Waals surface area (Å²) in [5, 5.41) is 8.91. The molecule has 112 valence electrons. The van der Waals surface area contributed by atoms with Gasteiger partial charge in [0.2, 0.25) is 5.91 Å². The normalized spacial score (nSPS) is 12.1. The lowest BCUT2D eigenvalue weighted by Crippen LogP contribution is -2.37. The molecule has 2 aromatic rings. The van der Waals surface area contributed by atoms with Gasteiger partial charge < -0.3 is 10.6 Å². The van der Waals surface area contributed by atoms with Crippen molar-refractivity contribution < 1.29 is 4.79 Å². The zero-order chi connectivity index (χ0) is 15.2. The van der Waals surface area contributed by atoms with Gasteiger partial charge in [0.25, 0.3) is 0 Å². The van der Waals surface area contributed by atoms with Crippen LogP contribution in [0.3, 0.4) is 0 Å². The van der Waals surface area contributed by atoms with E-state index in [-0.39, 0.29) is 11.9 Å². The molecular weight excluding hydrogens is 282 g/mol. The molecule has 0 aliphatic heterocycles. The highest BCUT2D eigenvalue weighted by Gasteiger charge is 2.09. The molecule has 0 radical (unpaired) electrons. The lowest BCUT2D eigenvalue weighted by Gasteiger charge is -2.10. The van der Waals surface area contributed by atoms with Crippen molar-refractivity contribution in [1.29, 1.82) is 0 Å². The summed E-state index contributed by atoms with van der Waals surface area (Å²) in [6.45, 7) is 4.72. The molecule has 0 bridgehead atoms. The number of thiazole rings is 1. The average molecular weight is 303 g/mol. The third-order valence-electron chi connectivity index (χ3n) is 3.26. The third kappa shape index (κ3) is 4.65. The molecule has 1 amide bonds. The van der Waals surface area contributed by atoms with Crippen molar-refractivity contribution in [3.63, 3.8) is 0 Å². The monoisotopic (exact) mass is 303 g/mol. The molecule has 2 rings (SSSR count). The van der Waals surface area contributed by atoms with Gasteiger partial charge in [-0.2, -0.15) is 0 Å². The Morgan fingerprint density at radius 2 is 2.24 bits per heavy atom. The van der Waals surface area contributed by atoms with Crippen LogP contribution in [0, 0.1) is 6.92 Å². The van der Waals surface area contributed by atoms with Gasteiger partial charge in [-0.25, -0.2) is 4.98 Å². The van der Waals surface area contributed by atoms with Gasteiger partial charge in [-0.3, -0.25) is 4.79 Å². The van der Waals surface area contributed by atoms with Crippen LogP contribution in [0.15, 0.2) is 29.6 Å². The Hall–Kier alpha value is -1.72. The first-order valence-electron chi connectivity index (χ1n) is 7.04. The van der Waals surface area contributed by atoms with E-state index in [0.29, 0.717) is 13.0 Å². The largest absolute Gasteiger partial charge is 0.354 e. The fourth-order valence-corrected chi connectivity index (χ4v) is 2.71. The van der Waals surface area contributed by atoms with E-state index >= 15 is 0 Å². The van der Waals surface area contributed by atoms with Crippen LogP contribution in [0.5, 0.6) is 0 Å². The minimum absolute atomic E-state index is 0.0122. The number of nitrogens with zero attached hydrogens (tertiary/aromatic N) is 1. The van der Waals surface area contributed by atoms with Crippen LogP contribution in [-0.4, -0.2) is 30.5 Å². The molecule has 4 nitrogen and oxygen atoms in total. The Morgan fingerprint density at radius 3 is 2.95 bits per heavy atom. The highest BCUT2D eigenvalue weighted by molar-refractivity contribution is 7.13. The second-order valence-electron chi connectivity index (χ2n) is 5.18. The number of aromatic nitrogens is 1. The summed E-state index contributed by atoms with van der Waals surface area (Å²) in [5.74, 6) is 0.0122. The second kappa shape index (κ2) is 7.33. The Labute approximate surface area is 129 Å². The predicted molar refractivity (Wildman–Crippen MR) is 87.5 cm³/mol. The smallest absolute Gasteiger partial charge is 0.226 e. The number of hydrogen-bond donors (Lipinski definition) is 2. The quantitative estimate of drug-likeness (QED) is 0.861. The summed E-state index contributed by atoms with van der Waals surface area (Å²) in [6.07, 6.45) is 0.332. The predicted octanol–water partition coefficient (Wildman–Crippen LogP) is 2.39. The summed E-state index contributed by atoms with van der Waals surface area (Å²) in [5.41, 5.74) is 3.14. The third-order valence-corrected chi connectivity index (χ3v) is 4.20. The van der Waals surface area contributed by atoms with E-state index < -0.39 is 0 Å². The van der Waals surface area contributed by atoms with Crippen molar-refractivity contribution in [2.45, 2.75) is 26.3 Å². The van der Waals surface area contributed by atoms with Crippen LogP contribution >= 0.6 is 11.3 Å². The number of carbonyl (C=O) groups is 1. The zero-order valence-corrected chi connectivity index (χ0v) is 13.5. The Morgan fingerprint density at radius 1 is 1.43 bits per heavy atom. The summed E-state index contributed by atoms with van der Waals surface area (Å²) in [4.78, 5) is 16.4. The molecule has 1 aromatic carbocycles. The molecule has 1 aromatic heterocycles. The van der Waals surface area contributed by atoms with Gasteiger partial charge in [-0.05, 0) is 27.0 Å². The van der Waals surface area contributed by atoms with Crippen molar-refractivity contribution in [2.75, 3.05) is 13.6 Å². The first-order chi connectivity index (χ1) is 10.1. The molecule has 1 atom stereocenters. The molecule has 0 spiro atoms. The van der Waals surface area contributed by atoms with E-state index in [9.17, 15) is 4.79 Å². The topological polar surface area (TPSA) is 54.0 Å². The van der Waals surface area contributed by atoms with Crippen LogP contribution in [0.2, 0.25) is 0 Å². The number of carbonyl (C=O) groups excluding carboxylic acids is 1. The van der Waals surface area contributed by atoms with Crippen molar-refractivity contribution in [3.8, 4) is 10.6 Å². The van der Waals surface area contributed by atoms with Crippen LogP contribution in [0.25, 0.3) is 10.6 Å². The van der Waals surface area contributed by atoms with Crippen LogP contribution < -0.4 is 10.6 Å². The van der Waals surface area contributed by atoms with Gasteiger partial charge in [0.15, 0.2) is 0 Å². The Kier molecular flexibility index (Phi) is 5.47. The molecule has 5 heteroatoms. The molecule has 0 aliphatic carbocycles. The molecule has 21 heavy (non-hydrogen) atoms. The molecule has 2 N–H and O–H groups in total. The minimum atomic E-state index is 0.0122. The molecule has 1 heterocycles. The number of amides is 1. The summed E-state index contributed by atoms with van der Waals surface area (Å²) in [7, 11) is 1.88. The fraction of sp³-hybridized carbons (Fsp3) is 0.375. The van der Waals surface area contributed by atoms with Crippen LogP contribution in [0.1, 0.15) is 18.2 Å². The van der Waals surface area contributed by atoms with E-state index in [0.717, 1.165) is 16.3 Å². The highest BCUT2D eigenvalue weighted by Crippen LogP contribution is 2.24. The summed E-state index contributed by atoms with van der Waals surface area (Å²) in [6, 6.07) is 8.51. The van der Waals surface area contributed by atoms with Crippen molar-refractivity contribution in [3.05, 3.63) is 40.9 Å². The first kappa shape index (κ1) is 15.7. The first-order valence-corrected chi connectivity index (χ1v) is 7.92. The van der Waals surface area contributed by atoms with Crippen LogP contribution in [0.4, 0.5) is 0 Å². The molecule has 0 aliphatic rings. The SMILES string of the molecule is CNC(C)CNC(=O)Cc1csc(-c2cccc(C)c2)n1. The number of aryl methyl sites for hydroxylation is 1. The molecule has 0 saturated heterocycles. The van der Waals surface area contributed by atoms with Gasteiger partial charge >= 0.3 is 0 Å². The number of hydrogen-bond acceptors (Lipinski definition) is 4. The maximum atomic E-state index is 11.9. The number of benzene rings is 1. The van der Waals surface area contributed by atoms with Gasteiger partial charge in [-0.1, -0.05) is 23.8 Å². The van der Waals surface area contributed by atoms with E-state index in [1.807, 2.05) is 31.5 Å². The molecule has 0 saturated carbocycles. The van der Waals surface area contributed by atoms with Crippen molar-refractivity contribution >= 4 is 17.2 Å². The fourth-order valence-electron chi connectivity index (χ4n) is 1.89. The minimum Gasteiger partial charge on any atom is -0.354 e. The lowest BCUT2D eigenvalue weighted by molar-refractivity contribution is -0.120. The van der Waals surface area contributed by atoms with Crippen molar-refractivity contribution in [2.24, 2.45) is 0 Å². The maximum Gasteiger partial charge on any atom is 0.226 e. The van der Waals surface area contributed by atoms with Crippen molar-refractivity contribution in [1.82, 2.24) is 15.6 Å². The highest BCUT2D eigenvalue weighted by atomic mass is 32.1. The van der Waals surface area contributed by atoms with Gasteiger partial charge in [0.1, 0.15) is 5.01 Å². The summed E-state index contributed by atoms with van der Waals surface area (Å²) < 4.78 is 0. The van der Waals surface area contributed by atoms with Gasteiger partial charge in [-0.15, -0.1) is 11.3 Å². The zero-order valence-electron chi connectivity index (χ0n) is 12.6. The standard InChI is InChI=1S/C16H21N3OS/c1-11-5-4-6-13(7-11)16-19-14(10-21-16)8-15(20)18-9-12(2)17-3/h4-7,10,12,17H,8-9H2,1-3H3,(H,18,20). The second-order valence-corrected chi connectivity index (χ2v) is 6.04. The number of likely N-dealkylation sites (N-methyl/N-ethyl adjacent to an activating group) is 1. The lowest BCUT2D eigenvalue weighted by atomic mass is 10.1.